The fraction of sp³-hybridized carbons (Fsp3) is 0.222. The van der Waals surface area contributed by atoms with Gasteiger partial charge in [-0.25, -0.2) is 0 Å². The molecule has 0 amide bonds. The van der Waals surface area contributed by atoms with Crippen molar-refractivity contribution in [3.05, 3.63) is 33.8 Å². The van der Waals surface area contributed by atoms with Crippen molar-refractivity contribution in [1.29, 1.82) is 0 Å². The molecule has 0 fully saturated rings. The van der Waals surface area contributed by atoms with Gasteiger partial charge in [0.25, 0.3) is 0 Å². The van der Waals surface area contributed by atoms with E-state index in [0.717, 1.165) is 0 Å². The van der Waals surface area contributed by atoms with E-state index in [1.165, 1.54) is 18.2 Å². The third-order valence-corrected chi connectivity index (χ3v) is 2.07. The number of hydrogen-bond acceptors (Lipinski definition) is 2. The Hall–Kier alpha value is -0.770. The number of aliphatic carboxylic acids is 1. The second kappa shape index (κ2) is 4.64. The lowest BCUT2D eigenvalue weighted by Crippen LogP contribution is -2.05. The number of hydrogen-bond donors (Lipinski definition) is 2. The van der Waals surface area contributed by atoms with Crippen LogP contribution in [0.25, 0.3) is 0 Å². The predicted molar refractivity (Wildman–Crippen MR) is 53.7 cm³/mol. The van der Waals surface area contributed by atoms with Crippen molar-refractivity contribution in [2.24, 2.45) is 0 Å². The summed E-state index contributed by atoms with van der Waals surface area (Å²) < 4.78 is 0. The molecular weight excluding hydrogens is 227 g/mol. The number of aliphatic hydroxyl groups excluding tert-OH is 1. The van der Waals surface area contributed by atoms with E-state index >= 15 is 0 Å². The van der Waals surface area contributed by atoms with E-state index < -0.39 is 12.1 Å². The molecular formula is C9H8Cl2O3. The van der Waals surface area contributed by atoms with E-state index in [2.05, 4.69) is 0 Å². The largest absolute Gasteiger partial charge is 0.481 e. The number of carboxylic acid groups (broad SMARTS) is 1. The highest BCUT2D eigenvalue weighted by atomic mass is 35.5. The molecule has 0 aliphatic carbocycles. The van der Waals surface area contributed by atoms with Gasteiger partial charge in [-0.1, -0.05) is 23.2 Å². The van der Waals surface area contributed by atoms with Gasteiger partial charge in [-0.05, 0) is 23.8 Å². The maximum absolute atomic E-state index is 10.3. The molecule has 0 radical (unpaired) electrons. The fourth-order valence-electron chi connectivity index (χ4n) is 1.05. The van der Waals surface area contributed by atoms with E-state index in [9.17, 15) is 9.90 Å². The summed E-state index contributed by atoms with van der Waals surface area (Å²) in [5, 5.41) is 18.6. The Morgan fingerprint density at radius 1 is 1.29 bits per heavy atom. The second-order valence-corrected chi connectivity index (χ2v) is 3.69. The first-order chi connectivity index (χ1) is 6.49. The van der Waals surface area contributed by atoms with Crippen LogP contribution in [0.5, 0.6) is 0 Å². The number of halogens is 2. The van der Waals surface area contributed by atoms with Crippen LogP contribution < -0.4 is 0 Å². The Bertz CT molecular complexity index is 332. The van der Waals surface area contributed by atoms with Crippen LogP contribution in [0, 0.1) is 0 Å². The van der Waals surface area contributed by atoms with Gasteiger partial charge in [0.15, 0.2) is 0 Å². The predicted octanol–water partition coefficient (Wildman–Crippen LogP) is 2.50. The molecule has 1 atom stereocenters. The van der Waals surface area contributed by atoms with E-state index in [1.54, 1.807) is 0 Å². The third kappa shape index (κ3) is 3.18. The van der Waals surface area contributed by atoms with E-state index in [1.807, 2.05) is 0 Å². The van der Waals surface area contributed by atoms with Crippen molar-refractivity contribution < 1.29 is 15.0 Å². The number of carboxylic acids is 1. The van der Waals surface area contributed by atoms with E-state index in [0.29, 0.717) is 15.6 Å². The fourth-order valence-corrected chi connectivity index (χ4v) is 1.59. The Morgan fingerprint density at radius 3 is 2.21 bits per heavy atom. The molecule has 5 heteroatoms. The van der Waals surface area contributed by atoms with E-state index in [4.69, 9.17) is 28.3 Å². The van der Waals surface area contributed by atoms with Crippen molar-refractivity contribution in [3.63, 3.8) is 0 Å². The Morgan fingerprint density at radius 2 is 1.79 bits per heavy atom. The van der Waals surface area contributed by atoms with Crippen molar-refractivity contribution in [3.8, 4) is 0 Å². The molecule has 14 heavy (non-hydrogen) atoms. The summed E-state index contributed by atoms with van der Waals surface area (Å²) in [6.07, 6.45) is -1.44. The molecule has 0 spiro atoms. The number of rotatable bonds is 3. The van der Waals surface area contributed by atoms with Crippen LogP contribution in [-0.4, -0.2) is 16.2 Å². The van der Waals surface area contributed by atoms with Crippen molar-refractivity contribution in [1.82, 2.24) is 0 Å². The topological polar surface area (TPSA) is 57.5 Å². The summed E-state index contributed by atoms with van der Waals surface area (Å²) in [5.41, 5.74) is 0.407. The van der Waals surface area contributed by atoms with Gasteiger partial charge in [0.2, 0.25) is 0 Å². The molecule has 1 aromatic rings. The van der Waals surface area contributed by atoms with Crippen molar-refractivity contribution in [2.45, 2.75) is 12.5 Å². The molecule has 0 unspecified atom stereocenters. The molecule has 0 heterocycles. The zero-order valence-corrected chi connectivity index (χ0v) is 8.59. The zero-order valence-electron chi connectivity index (χ0n) is 7.08. The van der Waals surface area contributed by atoms with E-state index in [-0.39, 0.29) is 6.42 Å². The second-order valence-electron chi connectivity index (χ2n) is 2.82. The Labute approximate surface area is 90.9 Å². The van der Waals surface area contributed by atoms with Crippen LogP contribution in [0.4, 0.5) is 0 Å². The minimum absolute atomic E-state index is 0.364. The molecule has 0 saturated heterocycles. The zero-order chi connectivity index (χ0) is 10.7. The highest BCUT2D eigenvalue weighted by molar-refractivity contribution is 6.34. The number of benzene rings is 1. The highest BCUT2D eigenvalue weighted by Gasteiger charge is 2.12. The number of carbonyl (C=O) groups is 1. The van der Waals surface area contributed by atoms with Crippen molar-refractivity contribution in [2.75, 3.05) is 0 Å². The highest BCUT2D eigenvalue weighted by Crippen LogP contribution is 2.24. The average Bonchev–Trinajstić information content (AvgIpc) is 2.00. The minimum Gasteiger partial charge on any atom is -0.481 e. The maximum atomic E-state index is 10.3. The summed E-state index contributed by atoms with van der Waals surface area (Å²) >= 11 is 11.4. The van der Waals surface area contributed by atoms with Crippen molar-refractivity contribution >= 4 is 29.2 Å². The molecule has 0 aliphatic rings. The van der Waals surface area contributed by atoms with Crippen LogP contribution >= 0.6 is 23.2 Å². The van der Waals surface area contributed by atoms with Crippen LogP contribution in [-0.2, 0) is 4.79 Å². The first-order valence-electron chi connectivity index (χ1n) is 3.85. The minimum atomic E-state index is -1.08. The monoisotopic (exact) mass is 234 g/mol. The lowest BCUT2D eigenvalue weighted by Gasteiger charge is -2.08. The van der Waals surface area contributed by atoms with Crippen LogP contribution in [0.2, 0.25) is 10.0 Å². The summed E-state index contributed by atoms with van der Waals surface area (Å²) in [6, 6.07) is 4.49. The van der Waals surface area contributed by atoms with Crippen LogP contribution in [0.1, 0.15) is 18.1 Å². The van der Waals surface area contributed by atoms with Gasteiger partial charge in [0.05, 0.1) is 12.5 Å². The molecule has 76 valence electrons. The first-order valence-corrected chi connectivity index (χ1v) is 4.60. The number of aliphatic hydroxyl groups is 1. The summed E-state index contributed by atoms with van der Waals surface area (Å²) in [7, 11) is 0. The standard InChI is InChI=1S/C9H8Cl2O3/c10-6-1-5(2-7(11)3-6)8(12)4-9(13)14/h1-3,8,12H,4H2,(H,13,14)/t8-/m1/s1. The van der Waals surface area contributed by atoms with Gasteiger partial charge in [-0.2, -0.15) is 0 Å². The Balaban J connectivity index is 2.89. The van der Waals surface area contributed by atoms with Gasteiger partial charge in [-0.3, -0.25) is 4.79 Å². The molecule has 0 bridgehead atoms. The van der Waals surface area contributed by atoms with Gasteiger partial charge in [-0.15, -0.1) is 0 Å². The molecule has 0 aromatic heterocycles. The molecule has 1 rings (SSSR count). The van der Waals surface area contributed by atoms with Crippen LogP contribution in [0.3, 0.4) is 0 Å². The molecule has 0 saturated carbocycles. The summed E-state index contributed by atoms with van der Waals surface area (Å²) in [6.45, 7) is 0. The van der Waals surface area contributed by atoms with Crippen LogP contribution in [0.15, 0.2) is 18.2 Å². The molecule has 3 nitrogen and oxygen atoms in total. The average molecular weight is 235 g/mol. The SMILES string of the molecule is O=C(O)C[C@@H](O)c1cc(Cl)cc(Cl)c1. The summed E-state index contributed by atoms with van der Waals surface area (Å²) in [5.74, 6) is -1.08. The molecule has 1 aromatic carbocycles. The van der Waals surface area contributed by atoms with Gasteiger partial charge < -0.3 is 10.2 Å². The lowest BCUT2D eigenvalue weighted by atomic mass is 10.1. The Kier molecular flexibility index (Phi) is 3.75. The summed E-state index contributed by atoms with van der Waals surface area (Å²) in [4.78, 5) is 10.3. The van der Waals surface area contributed by atoms with Gasteiger partial charge >= 0.3 is 5.97 Å². The lowest BCUT2D eigenvalue weighted by molar-refractivity contribution is -0.139. The third-order valence-electron chi connectivity index (χ3n) is 1.64. The smallest absolute Gasteiger partial charge is 0.306 e. The first kappa shape index (κ1) is 11.3. The quantitative estimate of drug-likeness (QED) is 0.846. The molecule has 0 aliphatic heterocycles. The molecule has 2 N–H and O–H groups in total. The van der Waals surface area contributed by atoms with Gasteiger partial charge in [0.1, 0.15) is 0 Å². The maximum Gasteiger partial charge on any atom is 0.306 e. The van der Waals surface area contributed by atoms with Gasteiger partial charge in [0, 0.05) is 10.0 Å². The normalized spacial score (nSPS) is 12.5.